The number of hydrogen-bond acceptors (Lipinski definition) is 7. The third-order valence-electron chi connectivity index (χ3n) is 5.02. The van der Waals surface area contributed by atoms with Crippen LogP contribution in [-0.4, -0.2) is 75.6 Å². The van der Waals surface area contributed by atoms with Gasteiger partial charge in [-0.2, -0.15) is 4.31 Å². The van der Waals surface area contributed by atoms with E-state index in [1.807, 2.05) is 0 Å². The molecule has 0 aliphatic carbocycles. The minimum atomic E-state index is -3.77. The Bertz CT molecular complexity index is 1020. The summed E-state index contributed by atoms with van der Waals surface area (Å²) in [5, 5.41) is 9.69. The molecule has 0 spiro atoms. The van der Waals surface area contributed by atoms with Gasteiger partial charge in [0.2, 0.25) is 15.9 Å². The smallest absolute Gasteiger partial charge is 0.246 e. The SMILES string of the molecule is COc1ccc(S(=O)(=O)N2CCN(C(=O)CCOc3ccccc3O)CC2)c(OC)c1. The number of hydrogen-bond donors (Lipinski definition) is 1. The number of sulfonamides is 1. The number of amides is 1. The third kappa shape index (κ3) is 5.20. The van der Waals surface area contributed by atoms with Crippen LogP contribution in [0.3, 0.4) is 0 Å². The van der Waals surface area contributed by atoms with Crippen LogP contribution >= 0.6 is 0 Å². The van der Waals surface area contributed by atoms with Crippen molar-refractivity contribution in [3.63, 3.8) is 0 Å². The van der Waals surface area contributed by atoms with Crippen LogP contribution in [0.1, 0.15) is 6.42 Å². The summed E-state index contributed by atoms with van der Waals surface area (Å²) in [5.41, 5.74) is 0. The highest BCUT2D eigenvalue weighted by Crippen LogP contribution is 2.31. The van der Waals surface area contributed by atoms with Crippen molar-refractivity contribution in [1.82, 2.24) is 9.21 Å². The summed E-state index contributed by atoms with van der Waals surface area (Å²) >= 11 is 0. The van der Waals surface area contributed by atoms with Gasteiger partial charge in [0.25, 0.3) is 0 Å². The van der Waals surface area contributed by atoms with Gasteiger partial charge in [0.15, 0.2) is 11.5 Å². The van der Waals surface area contributed by atoms with Crippen LogP contribution in [0.2, 0.25) is 0 Å². The molecule has 0 atom stereocenters. The molecule has 3 rings (SSSR count). The summed E-state index contributed by atoms with van der Waals surface area (Å²) in [6, 6.07) is 11.1. The molecule has 1 aliphatic rings. The Labute approximate surface area is 181 Å². The number of methoxy groups -OCH3 is 2. The first-order chi connectivity index (χ1) is 14.9. The number of benzene rings is 2. The average Bonchev–Trinajstić information content (AvgIpc) is 2.79. The van der Waals surface area contributed by atoms with Crippen molar-refractivity contribution < 1.29 is 32.5 Å². The molecule has 0 saturated carbocycles. The number of ether oxygens (including phenoxy) is 3. The summed E-state index contributed by atoms with van der Waals surface area (Å²) in [6.07, 6.45) is 0.132. The molecule has 168 valence electrons. The molecule has 0 radical (unpaired) electrons. The first-order valence-electron chi connectivity index (χ1n) is 9.77. The van der Waals surface area contributed by atoms with Gasteiger partial charge in [-0.15, -0.1) is 0 Å². The maximum atomic E-state index is 13.1. The summed E-state index contributed by atoms with van der Waals surface area (Å²) in [7, 11) is -0.877. The first kappa shape index (κ1) is 22.7. The molecular formula is C21H26N2O7S. The minimum Gasteiger partial charge on any atom is -0.504 e. The van der Waals surface area contributed by atoms with Gasteiger partial charge in [0.1, 0.15) is 16.4 Å². The summed E-state index contributed by atoms with van der Waals surface area (Å²) in [4.78, 5) is 14.1. The molecule has 0 bridgehead atoms. The molecule has 9 nitrogen and oxygen atoms in total. The lowest BCUT2D eigenvalue weighted by Gasteiger charge is -2.34. The zero-order valence-electron chi connectivity index (χ0n) is 17.5. The van der Waals surface area contributed by atoms with Gasteiger partial charge in [0.05, 0.1) is 27.2 Å². The molecule has 1 heterocycles. The highest BCUT2D eigenvalue weighted by molar-refractivity contribution is 7.89. The Balaban J connectivity index is 1.56. The molecule has 0 unspecified atom stereocenters. The van der Waals surface area contributed by atoms with E-state index < -0.39 is 10.0 Å². The minimum absolute atomic E-state index is 0.0164. The maximum Gasteiger partial charge on any atom is 0.246 e. The number of carbonyl (C=O) groups excluding carboxylic acids is 1. The zero-order valence-corrected chi connectivity index (χ0v) is 18.3. The third-order valence-corrected chi connectivity index (χ3v) is 6.96. The molecular weight excluding hydrogens is 424 g/mol. The fourth-order valence-electron chi connectivity index (χ4n) is 3.29. The quantitative estimate of drug-likeness (QED) is 0.653. The van der Waals surface area contributed by atoms with Crippen molar-refractivity contribution >= 4 is 15.9 Å². The van der Waals surface area contributed by atoms with Crippen molar-refractivity contribution in [2.75, 3.05) is 47.0 Å². The van der Waals surface area contributed by atoms with E-state index in [0.29, 0.717) is 11.5 Å². The molecule has 1 amide bonds. The lowest BCUT2D eigenvalue weighted by Crippen LogP contribution is -2.50. The summed E-state index contributed by atoms with van der Waals surface area (Å²) in [5.74, 6) is 0.910. The van der Waals surface area contributed by atoms with E-state index in [0.717, 1.165) is 0 Å². The van der Waals surface area contributed by atoms with E-state index in [9.17, 15) is 18.3 Å². The lowest BCUT2D eigenvalue weighted by atomic mass is 10.3. The number of phenolic OH excluding ortho intramolecular Hbond substituents is 1. The number of phenols is 1. The monoisotopic (exact) mass is 450 g/mol. The Morgan fingerprint density at radius 2 is 1.71 bits per heavy atom. The van der Waals surface area contributed by atoms with Crippen LogP contribution in [0, 0.1) is 0 Å². The van der Waals surface area contributed by atoms with Gasteiger partial charge in [-0.3, -0.25) is 4.79 Å². The fourth-order valence-corrected chi connectivity index (χ4v) is 4.85. The summed E-state index contributed by atoms with van der Waals surface area (Å²) in [6.45, 7) is 1.06. The number of rotatable bonds is 8. The number of nitrogens with zero attached hydrogens (tertiary/aromatic N) is 2. The van der Waals surface area contributed by atoms with E-state index in [2.05, 4.69) is 0 Å². The topological polar surface area (TPSA) is 106 Å². The van der Waals surface area contributed by atoms with Crippen molar-refractivity contribution in [3.8, 4) is 23.0 Å². The van der Waals surface area contributed by atoms with Crippen molar-refractivity contribution in [1.29, 1.82) is 0 Å². The lowest BCUT2D eigenvalue weighted by molar-refractivity contribution is -0.132. The molecule has 2 aromatic rings. The van der Waals surface area contributed by atoms with Gasteiger partial charge in [-0.25, -0.2) is 8.42 Å². The van der Waals surface area contributed by atoms with Crippen LogP contribution < -0.4 is 14.2 Å². The number of piperazine rings is 1. The van der Waals surface area contributed by atoms with E-state index in [4.69, 9.17) is 14.2 Å². The average molecular weight is 451 g/mol. The number of para-hydroxylation sites is 2. The first-order valence-corrected chi connectivity index (χ1v) is 11.2. The second-order valence-electron chi connectivity index (χ2n) is 6.87. The van der Waals surface area contributed by atoms with Gasteiger partial charge >= 0.3 is 0 Å². The largest absolute Gasteiger partial charge is 0.504 e. The second kappa shape index (κ2) is 9.88. The molecule has 2 aromatic carbocycles. The molecule has 1 saturated heterocycles. The van der Waals surface area contributed by atoms with E-state index in [1.165, 1.54) is 36.7 Å². The predicted molar refractivity (Wildman–Crippen MR) is 113 cm³/mol. The van der Waals surface area contributed by atoms with E-state index >= 15 is 0 Å². The van der Waals surface area contributed by atoms with Crippen LogP contribution in [0.5, 0.6) is 23.0 Å². The molecule has 31 heavy (non-hydrogen) atoms. The van der Waals surface area contributed by atoms with Gasteiger partial charge in [0, 0.05) is 32.2 Å². The maximum absolute atomic E-state index is 13.1. The zero-order chi connectivity index (χ0) is 22.4. The molecule has 1 N–H and O–H groups in total. The second-order valence-corrected chi connectivity index (χ2v) is 8.77. The number of aromatic hydroxyl groups is 1. The molecule has 1 aliphatic heterocycles. The molecule has 10 heteroatoms. The van der Waals surface area contributed by atoms with E-state index in [-0.39, 0.29) is 61.5 Å². The standard InChI is InChI=1S/C21H26N2O7S/c1-28-16-7-8-20(19(15-16)29-2)31(26,27)23-12-10-22(11-13-23)21(25)9-14-30-18-6-4-3-5-17(18)24/h3-8,15,24H,9-14H2,1-2H3. The van der Waals surface area contributed by atoms with Crippen molar-refractivity contribution in [2.24, 2.45) is 0 Å². The predicted octanol–water partition coefficient (Wildman–Crippen LogP) is 1.71. The number of carbonyl (C=O) groups is 1. The Morgan fingerprint density at radius 1 is 1.00 bits per heavy atom. The van der Waals surface area contributed by atoms with Gasteiger partial charge in [-0.1, -0.05) is 12.1 Å². The van der Waals surface area contributed by atoms with Gasteiger partial charge < -0.3 is 24.2 Å². The molecule has 0 aromatic heterocycles. The van der Waals surface area contributed by atoms with Crippen LogP contribution in [0.15, 0.2) is 47.4 Å². The highest BCUT2D eigenvalue weighted by atomic mass is 32.2. The van der Waals surface area contributed by atoms with Crippen LogP contribution in [-0.2, 0) is 14.8 Å². The fraction of sp³-hybridized carbons (Fsp3) is 0.381. The Kier molecular flexibility index (Phi) is 7.24. The normalized spacial score (nSPS) is 14.8. The molecule has 1 fully saturated rings. The van der Waals surface area contributed by atoms with Gasteiger partial charge in [-0.05, 0) is 24.3 Å². The Hall–Kier alpha value is -2.98. The van der Waals surface area contributed by atoms with E-state index in [1.54, 1.807) is 29.2 Å². The highest BCUT2D eigenvalue weighted by Gasteiger charge is 2.32. The summed E-state index contributed by atoms with van der Waals surface area (Å²) < 4.78 is 43.3. The Morgan fingerprint density at radius 3 is 2.35 bits per heavy atom. The van der Waals surface area contributed by atoms with Crippen molar-refractivity contribution in [3.05, 3.63) is 42.5 Å². The van der Waals surface area contributed by atoms with Crippen LogP contribution in [0.4, 0.5) is 0 Å². The van der Waals surface area contributed by atoms with Crippen molar-refractivity contribution in [2.45, 2.75) is 11.3 Å². The van der Waals surface area contributed by atoms with Crippen LogP contribution in [0.25, 0.3) is 0 Å².